The van der Waals surface area contributed by atoms with Crippen LogP contribution in [0.5, 0.6) is 5.75 Å². The Bertz CT molecular complexity index is 1470. The maximum Gasteiger partial charge on any atom is 0.573 e. The molecule has 2 N–H and O–H groups in total. The molecule has 1 amide bonds. The van der Waals surface area contributed by atoms with E-state index in [1.54, 1.807) is 21.8 Å². The van der Waals surface area contributed by atoms with Gasteiger partial charge in [0.25, 0.3) is 0 Å². The van der Waals surface area contributed by atoms with Gasteiger partial charge in [0.2, 0.25) is 5.91 Å². The highest BCUT2D eigenvalue weighted by Crippen LogP contribution is 2.35. The van der Waals surface area contributed by atoms with Crippen LogP contribution in [0.4, 0.5) is 19.0 Å². The molecule has 1 fully saturated rings. The molecule has 4 heterocycles. The maximum atomic E-state index is 12.4. The van der Waals surface area contributed by atoms with Gasteiger partial charge >= 0.3 is 6.36 Å². The number of benzene rings is 1. The molecule has 0 aliphatic carbocycles. The summed E-state index contributed by atoms with van der Waals surface area (Å²) < 4.78 is 50.2. The molecule has 1 saturated heterocycles. The van der Waals surface area contributed by atoms with Gasteiger partial charge in [0.15, 0.2) is 5.82 Å². The van der Waals surface area contributed by atoms with Crippen LogP contribution in [0.1, 0.15) is 41.5 Å². The van der Waals surface area contributed by atoms with Crippen molar-refractivity contribution in [3.63, 3.8) is 0 Å². The Morgan fingerprint density at radius 2 is 1.85 bits per heavy atom. The number of epoxide rings is 1. The number of alkyl halides is 3. The van der Waals surface area contributed by atoms with E-state index in [1.807, 2.05) is 25.3 Å². The largest absolute Gasteiger partial charge is 0.573 e. The summed E-state index contributed by atoms with van der Waals surface area (Å²) in [5, 5.41) is 22.3. The van der Waals surface area contributed by atoms with Gasteiger partial charge in [0, 0.05) is 25.8 Å². The SMILES string of the molecule is Cc1ccnc(CNC2OC2c2cn(CCCCn3cc(NC(=O)Cc4cccc(OC(F)(F)F)c4)nn3)nn2)c1. The topological polar surface area (TPSA) is 137 Å². The number of hydrogen-bond donors (Lipinski definition) is 2. The smallest absolute Gasteiger partial charge is 0.406 e. The molecule has 1 aliphatic heterocycles. The molecule has 2 atom stereocenters. The van der Waals surface area contributed by atoms with Gasteiger partial charge in [-0.15, -0.1) is 23.4 Å². The van der Waals surface area contributed by atoms with Crippen molar-refractivity contribution in [1.82, 2.24) is 40.3 Å². The van der Waals surface area contributed by atoms with Crippen LogP contribution in [0, 0.1) is 6.92 Å². The molecule has 0 bridgehead atoms. The average molecular weight is 572 g/mol. The predicted molar refractivity (Wildman–Crippen MR) is 138 cm³/mol. The summed E-state index contributed by atoms with van der Waals surface area (Å²) >= 11 is 0. The van der Waals surface area contributed by atoms with Crippen LogP contribution in [0.3, 0.4) is 0 Å². The van der Waals surface area contributed by atoms with E-state index in [-0.39, 0.29) is 30.3 Å². The molecule has 0 radical (unpaired) electrons. The van der Waals surface area contributed by atoms with Crippen LogP contribution < -0.4 is 15.4 Å². The lowest BCUT2D eigenvalue weighted by molar-refractivity contribution is -0.274. The zero-order chi connectivity index (χ0) is 28.8. The second-order valence-electron chi connectivity index (χ2n) is 9.58. The summed E-state index contributed by atoms with van der Waals surface area (Å²) in [6.45, 7) is 3.88. The number of nitrogens with zero attached hydrogens (tertiary/aromatic N) is 7. The summed E-state index contributed by atoms with van der Waals surface area (Å²) in [5.41, 5.74) is 3.25. The van der Waals surface area contributed by atoms with E-state index in [1.165, 1.54) is 24.3 Å². The Hall–Kier alpha value is -4.37. The number of aryl methyl sites for hydroxylation is 3. The molecule has 1 aliphatic rings. The number of halogens is 3. The van der Waals surface area contributed by atoms with Crippen LogP contribution in [0.2, 0.25) is 0 Å². The monoisotopic (exact) mass is 571 g/mol. The van der Waals surface area contributed by atoms with Gasteiger partial charge in [-0.3, -0.25) is 24.5 Å². The maximum absolute atomic E-state index is 12.4. The molecule has 0 saturated carbocycles. The highest BCUT2D eigenvalue weighted by atomic mass is 19.4. The number of nitrogens with one attached hydrogen (secondary N) is 2. The Morgan fingerprint density at radius 1 is 1.07 bits per heavy atom. The van der Waals surface area contributed by atoms with Gasteiger partial charge in [-0.05, 0) is 55.2 Å². The molecule has 0 spiro atoms. The van der Waals surface area contributed by atoms with Crippen molar-refractivity contribution in [2.24, 2.45) is 0 Å². The van der Waals surface area contributed by atoms with Crippen molar-refractivity contribution >= 4 is 11.7 Å². The van der Waals surface area contributed by atoms with E-state index in [2.05, 4.69) is 41.0 Å². The second-order valence-corrected chi connectivity index (χ2v) is 9.58. The van der Waals surface area contributed by atoms with E-state index in [0.717, 1.165) is 29.8 Å². The first-order chi connectivity index (χ1) is 19.7. The van der Waals surface area contributed by atoms with Gasteiger partial charge in [0.1, 0.15) is 23.8 Å². The first-order valence-electron chi connectivity index (χ1n) is 13.0. The zero-order valence-corrected chi connectivity index (χ0v) is 22.1. The third-order valence-corrected chi connectivity index (χ3v) is 6.12. The molecular formula is C26H28F3N9O3. The number of amides is 1. The normalized spacial score (nSPS) is 16.5. The molecule has 41 heavy (non-hydrogen) atoms. The minimum absolute atomic E-state index is 0.113. The first-order valence-corrected chi connectivity index (χ1v) is 13.0. The molecule has 3 aromatic heterocycles. The molecule has 15 heteroatoms. The highest BCUT2D eigenvalue weighted by molar-refractivity contribution is 5.91. The summed E-state index contributed by atoms with van der Waals surface area (Å²) in [6, 6.07) is 9.25. The Labute approximate surface area is 232 Å². The lowest BCUT2D eigenvalue weighted by Crippen LogP contribution is -2.18. The fraction of sp³-hybridized carbons (Fsp3) is 0.385. The second kappa shape index (κ2) is 12.4. The average Bonchev–Trinajstić information content (AvgIpc) is 3.29. The Morgan fingerprint density at radius 3 is 2.63 bits per heavy atom. The Kier molecular flexibility index (Phi) is 8.54. The van der Waals surface area contributed by atoms with E-state index in [0.29, 0.717) is 25.2 Å². The van der Waals surface area contributed by atoms with E-state index in [4.69, 9.17) is 4.74 Å². The van der Waals surface area contributed by atoms with Crippen LogP contribution >= 0.6 is 0 Å². The van der Waals surface area contributed by atoms with Crippen LogP contribution in [-0.2, 0) is 35.6 Å². The van der Waals surface area contributed by atoms with Crippen LogP contribution in [0.25, 0.3) is 0 Å². The summed E-state index contributed by atoms with van der Waals surface area (Å²) in [6.07, 6.45) is 1.67. The highest BCUT2D eigenvalue weighted by Gasteiger charge is 2.42. The summed E-state index contributed by atoms with van der Waals surface area (Å²) in [5.74, 6) is -0.568. The van der Waals surface area contributed by atoms with Gasteiger partial charge in [0.05, 0.1) is 24.5 Å². The van der Waals surface area contributed by atoms with Gasteiger partial charge in [-0.2, -0.15) is 0 Å². The third kappa shape index (κ3) is 8.56. The Balaban J connectivity index is 0.995. The number of rotatable bonds is 13. The van der Waals surface area contributed by atoms with Crippen molar-refractivity contribution in [2.45, 2.75) is 64.5 Å². The summed E-state index contributed by atoms with van der Waals surface area (Å²) in [7, 11) is 0. The van der Waals surface area contributed by atoms with Crippen molar-refractivity contribution in [3.8, 4) is 5.75 Å². The lowest BCUT2D eigenvalue weighted by atomic mass is 10.1. The number of carbonyl (C=O) groups excluding carboxylic acids is 1. The van der Waals surface area contributed by atoms with E-state index in [9.17, 15) is 18.0 Å². The number of unbranched alkanes of at least 4 members (excludes halogenated alkanes) is 1. The molecule has 12 nitrogen and oxygen atoms in total. The number of anilines is 1. The third-order valence-electron chi connectivity index (χ3n) is 6.12. The zero-order valence-electron chi connectivity index (χ0n) is 22.1. The fourth-order valence-electron chi connectivity index (χ4n) is 4.18. The predicted octanol–water partition coefficient (Wildman–Crippen LogP) is 3.32. The van der Waals surface area contributed by atoms with Gasteiger partial charge in [-0.1, -0.05) is 22.6 Å². The number of carbonyl (C=O) groups is 1. The number of ether oxygens (including phenoxy) is 2. The van der Waals surface area contributed by atoms with Crippen molar-refractivity contribution in [3.05, 3.63) is 77.5 Å². The van der Waals surface area contributed by atoms with Crippen LogP contribution in [-0.4, -0.2) is 53.5 Å². The van der Waals surface area contributed by atoms with Crippen molar-refractivity contribution in [2.75, 3.05) is 5.32 Å². The van der Waals surface area contributed by atoms with Gasteiger partial charge in [-0.25, -0.2) is 0 Å². The molecule has 216 valence electrons. The molecule has 4 aromatic rings. The molecule has 1 aromatic carbocycles. The van der Waals surface area contributed by atoms with Crippen molar-refractivity contribution in [1.29, 1.82) is 0 Å². The minimum Gasteiger partial charge on any atom is -0.406 e. The standard InChI is InChI=1S/C26H28F3N9O3/c1-17-7-8-30-19(11-17)14-31-25-24(40-25)21-15-37(35-33-21)9-2-3-10-38-16-22(34-36-38)32-23(39)13-18-5-4-6-20(12-18)41-26(27,28)29/h4-8,11-12,15-16,24-25,31H,2-3,9-10,13-14H2,1H3,(H,32,39). The summed E-state index contributed by atoms with van der Waals surface area (Å²) in [4.78, 5) is 16.6. The molecule has 2 unspecified atom stereocenters. The van der Waals surface area contributed by atoms with E-state index < -0.39 is 12.3 Å². The lowest BCUT2D eigenvalue weighted by Gasteiger charge is -2.09. The number of hydrogen-bond acceptors (Lipinski definition) is 9. The van der Waals surface area contributed by atoms with Gasteiger partial charge < -0.3 is 14.8 Å². The molecule has 5 rings (SSSR count). The number of aromatic nitrogens is 7. The molecular weight excluding hydrogens is 543 g/mol. The van der Waals surface area contributed by atoms with E-state index >= 15 is 0 Å². The minimum atomic E-state index is -4.80. The van der Waals surface area contributed by atoms with Crippen molar-refractivity contribution < 1.29 is 27.4 Å². The quantitative estimate of drug-likeness (QED) is 0.183. The fourth-order valence-corrected chi connectivity index (χ4v) is 4.18. The van der Waals surface area contributed by atoms with Crippen LogP contribution in [0.15, 0.2) is 55.0 Å². The number of pyridine rings is 1. The first kappa shape index (κ1) is 28.2.